The van der Waals surface area contributed by atoms with Crippen LogP contribution >= 0.6 is 0 Å². The van der Waals surface area contributed by atoms with Gasteiger partial charge in [-0.2, -0.15) is 0 Å². The Hall–Kier alpha value is -5.16. The molecule has 0 aliphatic carbocycles. The zero-order valence-electron chi connectivity index (χ0n) is 22.2. The molecule has 1 atom stereocenters. The van der Waals surface area contributed by atoms with Crippen molar-refractivity contribution < 1.29 is 19.1 Å². The van der Waals surface area contributed by atoms with Crippen molar-refractivity contribution in [2.24, 2.45) is 0 Å². The van der Waals surface area contributed by atoms with Crippen LogP contribution in [0.5, 0.6) is 0 Å². The van der Waals surface area contributed by atoms with Crippen molar-refractivity contribution in [2.75, 3.05) is 19.5 Å². The van der Waals surface area contributed by atoms with E-state index in [0.29, 0.717) is 5.56 Å². The third-order valence-corrected chi connectivity index (χ3v) is 7.39. The van der Waals surface area contributed by atoms with Gasteiger partial charge in [0.15, 0.2) is 0 Å². The zero-order chi connectivity index (χ0) is 27.6. The molecule has 0 spiro atoms. The number of ether oxygens (including phenoxy) is 2. The first-order valence-electron chi connectivity index (χ1n) is 13.1. The van der Waals surface area contributed by atoms with Gasteiger partial charge in [0.05, 0.1) is 31.4 Å². The normalized spacial score (nSPS) is 14.3. The van der Waals surface area contributed by atoms with E-state index in [4.69, 9.17) is 9.47 Å². The van der Waals surface area contributed by atoms with Gasteiger partial charge in [0, 0.05) is 11.3 Å². The Morgan fingerprint density at radius 3 is 1.98 bits per heavy atom. The Morgan fingerprint density at radius 1 is 0.625 bits per heavy atom. The van der Waals surface area contributed by atoms with Gasteiger partial charge in [-0.15, -0.1) is 0 Å². The Morgan fingerprint density at radius 2 is 1.27 bits per heavy atom. The smallest absolute Gasteiger partial charge is 0.339 e. The summed E-state index contributed by atoms with van der Waals surface area (Å²) in [7, 11) is 2.66. The molecule has 1 heterocycles. The molecule has 196 valence electrons. The van der Waals surface area contributed by atoms with E-state index in [0.717, 1.165) is 44.3 Å². The van der Waals surface area contributed by atoms with Crippen LogP contribution in [0.2, 0.25) is 0 Å². The largest absolute Gasteiger partial charge is 0.466 e. The van der Waals surface area contributed by atoms with Gasteiger partial charge in [-0.05, 0) is 44.7 Å². The third-order valence-electron chi connectivity index (χ3n) is 7.39. The number of hydrogen-bond donors (Lipinski definition) is 1. The summed E-state index contributed by atoms with van der Waals surface area (Å²) in [6.45, 7) is 0. The number of esters is 2. The Balaban J connectivity index is 1.70. The molecular formula is C35H27NO4. The maximum Gasteiger partial charge on any atom is 0.339 e. The summed E-state index contributed by atoms with van der Waals surface area (Å²) in [5.74, 6) is -1.19. The molecular weight excluding hydrogens is 498 g/mol. The lowest BCUT2D eigenvalue weighted by molar-refractivity contribution is -0.138. The molecule has 0 fully saturated rings. The lowest BCUT2D eigenvalue weighted by Gasteiger charge is -2.33. The SMILES string of the molecule is COC(=O)C1=C(C(=O)OC)C(c2cccc(-c3ccccc3)c2-c2ccccc2)Nc2ccc3ccccc3c21. The molecule has 1 aliphatic heterocycles. The van der Waals surface area contributed by atoms with E-state index in [1.807, 2.05) is 84.9 Å². The minimum atomic E-state index is -0.686. The highest BCUT2D eigenvalue weighted by Gasteiger charge is 2.38. The van der Waals surface area contributed by atoms with E-state index in [1.165, 1.54) is 14.2 Å². The number of rotatable bonds is 5. The number of anilines is 1. The Labute approximate surface area is 232 Å². The average Bonchev–Trinajstić information content (AvgIpc) is 3.03. The number of methoxy groups -OCH3 is 2. The summed E-state index contributed by atoms with van der Waals surface area (Å²) < 4.78 is 10.6. The fourth-order valence-corrected chi connectivity index (χ4v) is 5.64. The van der Waals surface area contributed by atoms with Crippen LogP contribution in [0.3, 0.4) is 0 Å². The number of carbonyl (C=O) groups excluding carboxylic acids is 2. The average molecular weight is 526 g/mol. The summed E-state index contributed by atoms with van der Waals surface area (Å²) in [4.78, 5) is 27.1. The topological polar surface area (TPSA) is 64.6 Å². The predicted molar refractivity (Wildman–Crippen MR) is 159 cm³/mol. The maximum atomic E-state index is 13.6. The molecule has 0 saturated heterocycles. The second-order valence-electron chi connectivity index (χ2n) is 9.56. The predicted octanol–water partition coefficient (Wildman–Crippen LogP) is 7.44. The van der Waals surface area contributed by atoms with Gasteiger partial charge in [0.2, 0.25) is 0 Å². The van der Waals surface area contributed by atoms with E-state index in [1.54, 1.807) is 0 Å². The second kappa shape index (κ2) is 10.5. The Bertz CT molecular complexity index is 1770. The third kappa shape index (κ3) is 4.22. The molecule has 0 bridgehead atoms. The van der Waals surface area contributed by atoms with Crippen LogP contribution in [0.4, 0.5) is 5.69 Å². The van der Waals surface area contributed by atoms with Crippen LogP contribution in [0.15, 0.2) is 121 Å². The number of fused-ring (bicyclic) bond motifs is 3. The highest BCUT2D eigenvalue weighted by molar-refractivity contribution is 6.28. The molecule has 0 aromatic heterocycles. The molecule has 5 nitrogen and oxygen atoms in total. The molecule has 5 aromatic rings. The minimum absolute atomic E-state index is 0.203. The van der Waals surface area contributed by atoms with Gasteiger partial charge in [-0.25, -0.2) is 9.59 Å². The number of carbonyl (C=O) groups is 2. The van der Waals surface area contributed by atoms with Gasteiger partial charge in [0.1, 0.15) is 0 Å². The number of benzene rings is 5. The van der Waals surface area contributed by atoms with E-state index < -0.39 is 18.0 Å². The molecule has 5 aromatic carbocycles. The second-order valence-corrected chi connectivity index (χ2v) is 9.56. The summed E-state index contributed by atoms with van der Waals surface area (Å²) in [6, 6.07) is 37.3. The van der Waals surface area contributed by atoms with Crippen LogP contribution in [-0.2, 0) is 19.1 Å². The summed E-state index contributed by atoms with van der Waals surface area (Å²) in [5.41, 5.74) is 6.63. The zero-order valence-corrected chi connectivity index (χ0v) is 22.2. The van der Waals surface area contributed by atoms with Gasteiger partial charge < -0.3 is 14.8 Å². The molecule has 0 radical (unpaired) electrons. The quantitative estimate of drug-likeness (QED) is 0.242. The highest BCUT2D eigenvalue weighted by Crippen LogP contribution is 2.48. The maximum absolute atomic E-state index is 13.6. The first kappa shape index (κ1) is 25.1. The van der Waals surface area contributed by atoms with Crippen molar-refractivity contribution in [1.82, 2.24) is 0 Å². The fourth-order valence-electron chi connectivity index (χ4n) is 5.64. The molecule has 1 N–H and O–H groups in total. The van der Waals surface area contributed by atoms with Gasteiger partial charge in [-0.1, -0.05) is 109 Å². The van der Waals surface area contributed by atoms with E-state index in [2.05, 4.69) is 35.6 Å². The van der Waals surface area contributed by atoms with Crippen molar-refractivity contribution in [3.8, 4) is 22.3 Å². The number of hydrogen-bond acceptors (Lipinski definition) is 5. The molecule has 1 aliphatic rings. The van der Waals surface area contributed by atoms with Crippen molar-refractivity contribution in [3.05, 3.63) is 132 Å². The van der Waals surface area contributed by atoms with Crippen LogP contribution in [0, 0.1) is 0 Å². The molecule has 5 heteroatoms. The molecule has 6 rings (SSSR count). The number of nitrogens with one attached hydrogen (secondary N) is 1. The van der Waals surface area contributed by atoms with E-state index in [9.17, 15) is 9.59 Å². The van der Waals surface area contributed by atoms with E-state index >= 15 is 0 Å². The van der Waals surface area contributed by atoms with Crippen molar-refractivity contribution in [1.29, 1.82) is 0 Å². The lowest BCUT2D eigenvalue weighted by Crippen LogP contribution is -2.29. The minimum Gasteiger partial charge on any atom is -0.466 e. The fraction of sp³-hybridized carbons (Fsp3) is 0.0857. The first-order chi connectivity index (χ1) is 19.6. The standard InChI is InChI=1S/C35H27NO4/c1-39-34(37)31-30-26-17-10-9-14-23(26)20-21-28(30)36-33(32(31)35(38)40-2)27-19-11-18-25(22-12-5-3-6-13-22)29(27)24-15-7-4-8-16-24/h3-21,33,36H,1-2H3. The molecule has 0 saturated carbocycles. The van der Waals surface area contributed by atoms with Crippen molar-refractivity contribution in [2.45, 2.75) is 6.04 Å². The van der Waals surface area contributed by atoms with Gasteiger partial charge >= 0.3 is 11.9 Å². The van der Waals surface area contributed by atoms with E-state index in [-0.39, 0.29) is 11.1 Å². The lowest BCUT2D eigenvalue weighted by atomic mass is 9.80. The Kier molecular flexibility index (Phi) is 6.62. The van der Waals surface area contributed by atoms with Crippen LogP contribution in [0.25, 0.3) is 38.6 Å². The summed E-state index contributed by atoms with van der Waals surface area (Å²) in [6.07, 6.45) is 0. The molecule has 40 heavy (non-hydrogen) atoms. The van der Waals surface area contributed by atoms with Crippen molar-refractivity contribution >= 4 is 34.0 Å². The van der Waals surface area contributed by atoms with Crippen molar-refractivity contribution in [3.63, 3.8) is 0 Å². The molecule has 1 unspecified atom stereocenters. The van der Waals surface area contributed by atoms with Gasteiger partial charge in [0.25, 0.3) is 0 Å². The van der Waals surface area contributed by atoms with Crippen LogP contribution in [0.1, 0.15) is 17.2 Å². The summed E-state index contributed by atoms with van der Waals surface area (Å²) >= 11 is 0. The van der Waals surface area contributed by atoms with Crippen LogP contribution in [-0.4, -0.2) is 26.2 Å². The first-order valence-corrected chi connectivity index (χ1v) is 13.1. The molecule has 0 amide bonds. The summed E-state index contributed by atoms with van der Waals surface area (Å²) in [5, 5.41) is 5.39. The van der Waals surface area contributed by atoms with Crippen LogP contribution < -0.4 is 5.32 Å². The monoisotopic (exact) mass is 525 g/mol. The highest BCUT2D eigenvalue weighted by atomic mass is 16.5. The van der Waals surface area contributed by atoms with Gasteiger partial charge in [-0.3, -0.25) is 0 Å².